The van der Waals surface area contributed by atoms with Gasteiger partial charge < -0.3 is 29.2 Å². The van der Waals surface area contributed by atoms with Gasteiger partial charge in [-0.2, -0.15) is 0 Å². The monoisotopic (exact) mass is 446 g/mol. The Hall–Kier alpha value is -1.93. The van der Waals surface area contributed by atoms with E-state index >= 15 is 0 Å². The van der Waals surface area contributed by atoms with Gasteiger partial charge >= 0.3 is 0 Å². The molecule has 7 nitrogen and oxygen atoms in total. The number of carbonyl (C=O) groups is 1. The first-order valence-corrected chi connectivity index (χ1v) is 11.7. The molecule has 2 aromatic rings. The number of phenols is 1. The standard InChI is InChI=1S/C25H34O7/c1-5-7-15(19-10-20(27)25(24(29)31-19)21(6-2)32-25)18-12-30-23-16(18)9-14(8-13(3)4)22(28)17(23)11-26/h9,11-13,15,19-21,24,27-29H,5-8,10H2,1-4H3/t15?,19-,20-,21?,24-,25-/m1/s1. The van der Waals surface area contributed by atoms with E-state index in [9.17, 15) is 20.1 Å². The van der Waals surface area contributed by atoms with E-state index < -0.39 is 24.1 Å². The van der Waals surface area contributed by atoms with Crippen molar-refractivity contribution in [1.82, 2.24) is 0 Å². The highest BCUT2D eigenvalue weighted by Crippen LogP contribution is 2.51. The maximum absolute atomic E-state index is 11.8. The highest BCUT2D eigenvalue weighted by Gasteiger charge is 2.68. The van der Waals surface area contributed by atoms with Crippen molar-refractivity contribution in [3.05, 3.63) is 29.0 Å². The number of aliphatic hydroxyl groups is 2. The lowest BCUT2D eigenvalue weighted by molar-refractivity contribution is -0.236. The van der Waals surface area contributed by atoms with Crippen LogP contribution >= 0.6 is 0 Å². The first kappa shape index (κ1) is 23.2. The lowest BCUT2D eigenvalue weighted by Gasteiger charge is -2.39. The molecule has 2 unspecified atom stereocenters. The minimum atomic E-state index is -1.20. The van der Waals surface area contributed by atoms with Gasteiger partial charge in [0.25, 0.3) is 0 Å². The van der Waals surface area contributed by atoms with Gasteiger partial charge in [-0.05, 0) is 36.8 Å². The third-order valence-electron chi connectivity index (χ3n) is 7.01. The predicted molar refractivity (Wildman–Crippen MR) is 119 cm³/mol. The molecule has 32 heavy (non-hydrogen) atoms. The molecule has 6 atom stereocenters. The molecule has 3 heterocycles. The van der Waals surface area contributed by atoms with Crippen LogP contribution in [0.1, 0.15) is 80.8 Å². The van der Waals surface area contributed by atoms with E-state index in [2.05, 4.69) is 20.8 Å². The number of fused-ring (bicyclic) bond motifs is 1. The maximum atomic E-state index is 11.8. The normalized spacial score (nSPS) is 30.8. The van der Waals surface area contributed by atoms with Crippen molar-refractivity contribution >= 4 is 17.3 Å². The van der Waals surface area contributed by atoms with Crippen molar-refractivity contribution in [2.75, 3.05) is 0 Å². The Balaban J connectivity index is 1.73. The molecule has 0 bridgehead atoms. The molecular weight excluding hydrogens is 412 g/mol. The number of rotatable bonds is 8. The van der Waals surface area contributed by atoms with Crippen LogP contribution in [0.15, 0.2) is 16.7 Å². The van der Waals surface area contributed by atoms with Crippen molar-refractivity contribution in [3.8, 4) is 5.75 Å². The smallest absolute Gasteiger partial charge is 0.189 e. The summed E-state index contributed by atoms with van der Waals surface area (Å²) >= 11 is 0. The molecule has 0 amide bonds. The van der Waals surface area contributed by atoms with Gasteiger partial charge in [-0.3, -0.25) is 4.79 Å². The van der Waals surface area contributed by atoms with Crippen LogP contribution in [-0.4, -0.2) is 51.8 Å². The van der Waals surface area contributed by atoms with Crippen LogP contribution in [0.5, 0.6) is 5.75 Å². The maximum Gasteiger partial charge on any atom is 0.189 e. The third kappa shape index (κ3) is 3.65. The molecule has 4 rings (SSSR count). The lowest BCUT2D eigenvalue weighted by Crippen LogP contribution is -2.53. The fourth-order valence-corrected chi connectivity index (χ4v) is 5.39. The predicted octanol–water partition coefficient (Wildman–Crippen LogP) is 4.05. The molecule has 0 radical (unpaired) electrons. The molecule has 1 aromatic heterocycles. The Kier molecular flexibility index (Phi) is 6.38. The molecule has 2 aliphatic rings. The van der Waals surface area contributed by atoms with Gasteiger partial charge in [0.2, 0.25) is 0 Å². The summed E-state index contributed by atoms with van der Waals surface area (Å²) in [6, 6.07) is 1.90. The van der Waals surface area contributed by atoms with Gasteiger partial charge in [0.15, 0.2) is 18.2 Å². The SMILES string of the molecule is CCCC(c1coc2c(C=O)c(O)c(CC(C)C)cc12)[C@H]1C[C@@H](O)[C@]2(OC2CC)[C@H](O)O1. The highest BCUT2D eigenvalue weighted by atomic mass is 16.7. The summed E-state index contributed by atoms with van der Waals surface area (Å²) in [5, 5.41) is 33.0. The zero-order valence-electron chi connectivity index (χ0n) is 19.2. The quantitative estimate of drug-likeness (QED) is 0.414. The van der Waals surface area contributed by atoms with E-state index in [1.807, 2.05) is 13.0 Å². The van der Waals surface area contributed by atoms with E-state index in [0.29, 0.717) is 42.6 Å². The fourth-order valence-electron chi connectivity index (χ4n) is 5.39. The second-order valence-corrected chi connectivity index (χ2v) is 9.62. The van der Waals surface area contributed by atoms with Gasteiger partial charge in [0.05, 0.1) is 30.1 Å². The summed E-state index contributed by atoms with van der Waals surface area (Å²) in [5.41, 5.74) is 1.04. The van der Waals surface area contributed by atoms with E-state index in [1.165, 1.54) is 0 Å². The van der Waals surface area contributed by atoms with E-state index in [1.54, 1.807) is 6.26 Å². The molecule has 0 saturated carbocycles. The zero-order chi connectivity index (χ0) is 23.2. The molecule has 2 aliphatic heterocycles. The molecule has 176 valence electrons. The van der Waals surface area contributed by atoms with E-state index in [0.717, 1.165) is 23.8 Å². The van der Waals surface area contributed by atoms with Crippen molar-refractivity contribution in [1.29, 1.82) is 0 Å². The number of carbonyl (C=O) groups excluding carboxylic acids is 1. The molecule has 7 heteroatoms. The van der Waals surface area contributed by atoms with Crippen LogP contribution in [0.3, 0.4) is 0 Å². The third-order valence-corrected chi connectivity index (χ3v) is 7.01. The number of benzene rings is 1. The van der Waals surface area contributed by atoms with Crippen LogP contribution in [0, 0.1) is 5.92 Å². The molecule has 3 N–H and O–H groups in total. The van der Waals surface area contributed by atoms with Crippen molar-refractivity contribution in [3.63, 3.8) is 0 Å². The summed E-state index contributed by atoms with van der Waals surface area (Å²) in [6.45, 7) is 8.13. The molecular formula is C25H34O7. The first-order chi connectivity index (χ1) is 15.3. The number of phenolic OH excluding ortho intramolecular Hbond substituents is 1. The molecule has 1 spiro atoms. The van der Waals surface area contributed by atoms with Crippen molar-refractivity contribution in [2.24, 2.45) is 5.92 Å². The van der Waals surface area contributed by atoms with Gasteiger partial charge in [-0.15, -0.1) is 0 Å². The number of aliphatic hydroxyl groups excluding tert-OH is 2. The van der Waals surface area contributed by atoms with Gasteiger partial charge in [0, 0.05) is 23.3 Å². The highest BCUT2D eigenvalue weighted by molar-refractivity contribution is 6.00. The zero-order valence-corrected chi connectivity index (χ0v) is 19.2. The Morgan fingerprint density at radius 2 is 2.03 bits per heavy atom. The lowest BCUT2D eigenvalue weighted by atomic mass is 9.80. The van der Waals surface area contributed by atoms with Crippen LogP contribution in [0.4, 0.5) is 0 Å². The topological polar surface area (TPSA) is 113 Å². The summed E-state index contributed by atoms with van der Waals surface area (Å²) in [7, 11) is 0. The number of ether oxygens (including phenoxy) is 2. The van der Waals surface area contributed by atoms with Crippen molar-refractivity contribution in [2.45, 2.75) is 95.9 Å². The number of furan rings is 1. The molecule has 2 saturated heterocycles. The second-order valence-electron chi connectivity index (χ2n) is 9.62. The van der Waals surface area contributed by atoms with Gasteiger partial charge in [-0.25, -0.2) is 0 Å². The Labute approximate surface area is 188 Å². The van der Waals surface area contributed by atoms with Gasteiger partial charge in [-0.1, -0.05) is 34.1 Å². The average Bonchev–Trinajstić information content (AvgIpc) is 3.36. The minimum absolute atomic E-state index is 0.0349. The number of hydrogen-bond donors (Lipinski definition) is 3. The number of aldehydes is 1. The molecule has 2 fully saturated rings. The summed E-state index contributed by atoms with van der Waals surface area (Å²) in [5.74, 6) is 0.109. The Morgan fingerprint density at radius 3 is 2.59 bits per heavy atom. The summed E-state index contributed by atoms with van der Waals surface area (Å²) in [4.78, 5) is 11.8. The number of hydrogen-bond acceptors (Lipinski definition) is 7. The van der Waals surface area contributed by atoms with Crippen molar-refractivity contribution < 1.29 is 34.0 Å². The second kappa shape index (κ2) is 8.78. The number of epoxide rings is 1. The average molecular weight is 447 g/mol. The minimum Gasteiger partial charge on any atom is -0.507 e. The largest absolute Gasteiger partial charge is 0.507 e. The van der Waals surface area contributed by atoms with Crippen LogP contribution in [-0.2, 0) is 15.9 Å². The molecule has 1 aromatic carbocycles. The van der Waals surface area contributed by atoms with Gasteiger partial charge in [0.1, 0.15) is 11.3 Å². The summed E-state index contributed by atoms with van der Waals surface area (Å²) < 4.78 is 17.5. The van der Waals surface area contributed by atoms with Crippen LogP contribution in [0.25, 0.3) is 11.0 Å². The summed E-state index contributed by atoms with van der Waals surface area (Å²) in [6.07, 6.45) is 2.85. The van der Waals surface area contributed by atoms with Crippen LogP contribution < -0.4 is 0 Å². The van der Waals surface area contributed by atoms with Crippen LogP contribution in [0.2, 0.25) is 0 Å². The molecule has 0 aliphatic carbocycles. The van der Waals surface area contributed by atoms with E-state index in [-0.39, 0.29) is 23.3 Å². The fraction of sp³-hybridized carbons (Fsp3) is 0.640. The van der Waals surface area contributed by atoms with E-state index in [4.69, 9.17) is 13.9 Å². The first-order valence-electron chi connectivity index (χ1n) is 11.7. The Morgan fingerprint density at radius 1 is 1.28 bits per heavy atom. The Bertz CT molecular complexity index is 966. The number of aromatic hydroxyl groups is 1.